The first-order chi connectivity index (χ1) is 13.7. The van der Waals surface area contributed by atoms with Crippen molar-refractivity contribution >= 4 is 60.2 Å². The van der Waals surface area contributed by atoms with Crippen LogP contribution in [0, 0.1) is 0 Å². The molecule has 2 heteroatoms. The fraction of sp³-hybridized carbons (Fsp3) is 0. The van der Waals surface area contributed by atoms with E-state index in [0.29, 0.717) is 5.57 Å². The van der Waals surface area contributed by atoms with Gasteiger partial charge in [0.25, 0.3) is 0 Å². The van der Waals surface area contributed by atoms with Gasteiger partial charge >= 0.3 is 0 Å². The summed E-state index contributed by atoms with van der Waals surface area (Å²) in [5, 5.41) is 9.40. The normalized spacial score (nSPS) is 14.6. The van der Waals surface area contributed by atoms with Crippen LogP contribution in [0.1, 0.15) is 5.56 Å². The third kappa shape index (κ3) is 1.92. The van der Waals surface area contributed by atoms with Crippen molar-refractivity contribution in [2.75, 3.05) is 0 Å². The van der Waals surface area contributed by atoms with Crippen LogP contribution in [0.4, 0.5) is 0 Å². The van der Waals surface area contributed by atoms with Crippen molar-refractivity contribution in [3.63, 3.8) is 0 Å². The van der Waals surface area contributed by atoms with Crippen molar-refractivity contribution in [3.05, 3.63) is 90.5 Å². The van der Waals surface area contributed by atoms with Crippen molar-refractivity contribution in [1.29, 1.82) is 0 Å². The number of benzene rings is 5. The molecule has 0 saturated carbocycles. The Balaban J connectivity index is 1.84. The van der Waals surface area contributed by atoms with Gasteiger partial charge in [0.05, 0.1) is 0 Å². The summed E-state index contributed by atoms with van der Waals surface area (Å²) in [6.45, 7) is 0. The quantitative estimate of drug-likeness (QED) is 0.215. The molecule has 2 nitrogen and oxygen atoms in total. The summed E-state index contributed by atoms with van der Waals surface area (Å²) in [5.41, 5.74) is 1.28. The molecule has 5 aromatic carbocycles. The number of ketones is 2. The van der Waals surface area contributed by atoms with Crippen molar-refractivity contribution in [2.45, 2.75) is 0 Å². The number of hydrogen-bond acceptors (Lipinski definition) is 2. The van der Waals surface area contributed by atoms with Gasteiger partial charge in [0.15, 0.2) is 11.6 Å². The van der Waals surface area contributed by atoms with E-state index < -0.39 is 0 Å². The lowest BCUT2D eigenvalue weighted by Crippen LogP contribution is -2.07. The zero-order valence-electron chi connectivity index (χ0n) is 14.9. The minimum absolute atomic E-state index is 0.126. The Morgan fingerprint density at radius 2 is 1.14 bits per heavy atom. The predicted molar refractivity (Wildman–Crippen MR) is 115 cm³/mol. The monoisotopic (exact) mass is 358 g/mol. The number of carbonyl (C=O) groups is 2. The molecule has 0 atom stereocenters. The molecule has 6 rings (SSSR count). The zero-order chi connectivity index (χ0) is 18.8. The van der Waals surface area contributed by atoms with Crippen LogP contribution in [0.2, 0.25) is 0 Å². The van der Waals surface area contributed by atoms with Crippen LogP contribution >= 0.6 is 0 Å². The Morgan fingerprint density at radius 3 is 1.89 bits per heavy atom. The minimum atomic E-state index is -0.148. The third-order valence-corrected chi connectivity index (χ3v) is 5.77. The Hall–Kier alpha value is -3.78. The lowest BCUT2D eigenvalue weighted by atomic mass is 9.85. The van der Waals surface area contributed by atoms with E-state index in [0.717, 1.165) is 16.3 Å². The summed E-state index contributed by atoms with van der Waals surface area (Å²) in [6, 6.07) is 23.1. The first kappa shape index (κ1) is 15.3. The SMILES string of the molecule is O=C1C=CC(=O)C(c2ccc3c4cccc5cccc(c6cccc2c63)c54)=C1. The lowest BCUT2D eigenvalue weighted by molar-refractivity contribution is -0.113. The number of allylic oxidation sites excluding steroid dienone is 4. The second kappa shape index (κ2) is 5.37. The minimum Gasteiger partial charge on any atom is -0.290 e. The maximum Gasteiger partial charge on any atom is 0.186 e. The number of rotatable bonds is 1. The van der Waals surface area contributed by atoms with E-state index in [1.807, 2.05) is 18.2 Å². The molecule has 0 spiro atoms. The first-order valence-corrected chi connectivity index (χ1v) is 9.29. The Morgan fingerprint density at radius 1 is 0.536 bits per heavy atom. The average Bonchev–Trinajstić information content (AvgIpc) is 2.73. The highest BCUT2D eigenvalue weighted by atomic mass is 16.1. The van der Waals surface area contributed by atoms with E-state index in [1.165, 1.54) is 50.5 Å². The molecule has 5 aromatic rings. The van der Waals surface area contributed by atoms with Gasteiger partial charge in [0.2, 0.25) is 0 Å². The van der Waals surface area contributed by atoms with Crippen molar-refractivity contribution in [3.8, 4) is 0 Å². The molecule has 0 aromatic heterocycles. The molecule has 1 aliphatic carbocycles. The lowest BCUT2D eigenvalue weighted by Gasteiger charge is -2.17. The van der Waals surface area contributed by atoms with Crippen molar-refractivity contribution in [1.82, 2.24) is 0 Å². The van der Waals surface area contributed by atoms with Crippen LogP contribution < -0.4 is 0 Å². The molecule has 0 N–H and O–H groups in total. The molecule has 1 aliphatic rings. The molecule has 0 heterocycles. The van der Waals surface area contributed by atoms with E-state index >= 15 is 0 Å². The summed E-state index contributed by atoms with van der Waals surface area (Å²) in [5.74, 6) is -0.274. The van der Waals surface area contributed by atoms with Crippen LogP contribution in [0.5, 0.6) is 0 Å². The summed E-state index contributed by atoms with van der Waals surface area (Å²) < 4.78 is 0. The summed E-state index contributed by atoms with van der Waals surface area (Å²) in [6.07, 6.45) is 4.14. The summed E-state index contributed by atoms with van der Waals surface area (Å²) in [4.78, 5) is 24.4. The standard InChI is InChI=1S/C26H14O2/c27-16-10-13-24(28)23(14-16)17-11-12-22-20-7-2-5-15-4-1-6-19(25(15)20)21-9-3-8-18(17)26(21)22/h1-14H. The van der Waals surface area contributed by atoms with Crippen LogP contribution in [0.3, 0.4) is 0 Å². The van der Waals surface area contributed by atoms with Gasteiger partial charge in [0, 0.05) is 5.57 Å². The van der Waals surface area contributed by atoms with Gasteiger partial charge in [0.1, 0.15) is 0 Å². The van der Waals surface area contributed by atoms with Gasteiger partial charge < -0.3 is 0 Å². The molecule has 0 fully saturated rings. The summed E-state index contributed by atoms with van der Waals surface area (Å²) in [7, 11) is 0. The van der Waals surface area contributed by atoms with Crippen LogP contribution in [-0.4, -0.2) is 11.6 Å². The van der Waals surface area contributed by atoms with E-state index in [1.54, 1.807) is 0 Å². The van der Waals surface area contributed by atoms with Crippen molar-refractivity contribution in [2.24, 2.45) is 0 Å². The second-order valence-electron chi connectivity index (χ2n) is 7.26. The van der Waals surface area contributed by atoms with E-state index in [2.05, 4.69) is 48.5 Å². The smallest absolute Gasteiger partial charge is 0.186 e. The van der Waals surface area contributed by atoms with Crippen molar-refractivity contribution < 1.29 is 9.59 Å². The zero-order valence-corrected chi connectivity index (χ0v) is 14.9. The average molecular weight is 358 g/mol. The highest BCUT2D eigenvalue weighted by molar-refractivity contribution is 6.38. The van der Waals surface area contributed by atoms with E-state index in [4.69, 9.17) is 0 Å². The maximum absolute atomic E-state index is 12.5. The molecule has 0 aliphatic heterocycles. The van der Waals surface area contributed by atoms with E-state index in [-0.39, 0.29) is 11.6 Å². The number of hydrogen-bond donors (Lipinski definition) is 0. The molecular weight excluding hydrogens is 344 g/mol. The topological polar surface area (TPSA) is 34.1 Å². The molecule has 0 saturated heterocycles. The van der Waals surface area contributed by atoms with Gasteiger partial charge in [-0.3, -0.25) is 9.59 Å². The maximum atomic E-state index is 12.5. The van der Waals surface area contributed by atoms with Gasteiger partial charge in [-0.1, -0.05) is 66.7 Å². The first-order valence-electron chi connectivity index (χ1n) is 9.29. The fourth-order valence-electron chi connectivity index (χ4n) is 4.60. The molecule has 28 heavy (non-hydrogen) atoms. The number of carbonyl (C=O) groups excluding carboxylic acids is 2. The molecule has 0 bridgehead atoms. The molecule has 0 unspecified atom stereocenters. The highest BCUT2D eigenvalue weighted by Gasteiger charge is 2.20. The Bertz CT molecular complexity index is 1480. The Kier molecular flexibility index (Phi) is 2.93. The van der Waals surface area contributed by atoms with Crippen LogP contribution in [-0.2, 0) is 9.59 Å². The molecular formula is C26H14O2. The van der Waals surface area contributed by atoms with E-state index in [9.17, 15) is 9.59 Å². The largest absolute Gasteiger partial charge is 0.290 e. The van der Waals surface area contributed by atoms with Gasteiger partial charge in [-0.2, -0.15) is 0 Å². The fourth-order valence-corrected chi connectivity index (χ4v) is 4.60. The van der Waals surface area contributed by atoms with Gasteiger partial charge in [-0.25, -0.2) is 0 Å². The molecule has 0 radical (unpaired) electrons. The Labute approximate surface area is 160 Å². The predicted octanol–water partition coefficient (Wildman–Crippen LogP) is 5.83. The van der Waals surface area contributed by atoms with Crippen LogP contribution in [0.15, 0.2) is 85.0 Å². The second-order valence-corrected chi connectivity index (χ2v) is 7.26. The van der Waals surface area contributed by atoms with Gasteiger partial charge in [-0.15, -0.1) is 0 Å². The summed E-state index contributed by atoms with van der Waals surface area (Å²) >= 11 is 0. The molecule has 0 amide bonds. The highest BCUT2D eigenvalue weighted by Crippen LogP contribution is 2.42. The third-order valence-electron chi connectivity index (χ3n) is 5.77. The molecule has 130 valence electrons. The van der Waals surface area contributed by atoms with Gasteiger partial charge in [-0.05, 0) is 66.9 Å². The number of fused-ring (bicyclic) bond motifs is 2. The van der Waals surface area contributed by atoms with Crippen LogP contribution in [0.25, 0.3) is 48.7 Å².